The van der Waals surface area contributed by atoms with Crippen LogP contribution in [0.25, 0.3) is 0 Å². The highest BCUT2D eigenvalue weighted by Gasteiger charge is 2.12. The summed E-state index contributed by atoms with van der Waals surface area (Å²) in [6, 6.07) is 0. The molecular weight excluding hydrogens is 182 g/mol. The van der Waals surface area contributed by atoms with Gasteiger partial charge in [0.15, 0.2) is 0 Å². The number of aromatic nitrogens is 3. The number of nitrogens with two attached hydrogens (primary N) is 2. The predicted molar refractivity (Wildman–Crippen MR) is 53.1 cm³/mol. The highest BCUT2D eigenvalue weighted by molar-refractivity contribution is 5.36. The Labute approximate surface area is 81.5 Å². The van der Waals surface area contributed by atoms with Crippen molar-refractivity contribution in [3.8, 4) is 0 Å². The molecule has 14 heavy (non-hydrogen) atoms. The van der Waals surface area contributed by atoms with Gasteiger partial charge in [-0.2, -0.15) is 15.0 Å². The Morgan fingerprint density at radius 2 is 1.57 bits per heavy atom. The number of nitrogen functional groups attached to an aromatic ring is 2. The van der Waals surface area contributed by atoms with E-state index in [2.05, 4.69) is 20.4 Å². The molecule has 1 saturated heterocycles. The summed E-state index contributed by atoms with van der Waals surface area (Å²) in [5, 5.41) is 2.04. The SMILES string of the molecule is Nc1nc(N)nc(NN2CCCC2)n1. The Balaban J connectivity index is 2.07. The van der Waals surface area contributed by atoms with Crippen LogP contribution in [0.4, 0.5) is 17.8 Å². The van der Waals surface area contributed by atoms with Crippen LogP contribution in [0.2, 0.25) is 0 Å². The molecule has 7 heteroatoms. The lowest BCUT2D eigenvalue weighted by Crippen LogP contribution is -2.27. The molecule has 1 aliphatic heterocycles. The second kappa shape index (κ2) is 3.62. The Morgan fingerprint density at radius 3 is 2.14 bits per heavy atom. The largest absolute Gasteiger partial charge is 0.368 e. The van der Waals surface area contributed by atoms with Crippen LogP contribution in [0.5, 0.6) is 0 Å². The lowest BCUT2D eigenvalue weighted by molar-refractivity contribution is 0.406. The molecule has 0 amide bonds. The summed E-state index contributed by atoms with van der Waals surface area (Å²) >= 11 is 0. The van der Waals surface area contributed by atoms with E-state index >= 15 is 0 Å². The quantitative estimate of drug-likeness (QED) is 0.581. The molecule has 0 aliphatic carbocycles. The van der Waals surface area contributed by atoms with Crippen molar-refractivity contribution in [1.82, 2.24) is 20.0 Å². The minimum atomic E-state index is 0.138. The number of hydrogen-bond donors (Lipinski definition) is 3. The van der Waals surface area contributed by atoms with Crippen LogP contribution >= 0.6 is 0 Å². The lowest BCUT2D eigenvalue weighted by atomic mass is 10.4. The maximum Gasteiger partial charge on any atom is 0.244 e. The van der Waals surface area contributed by atoms with E-state index < -0.39 is 0 Å². The summed E-state index contributed by atoms with van der Waals surface area (Å²) in [5.41, 5.74) is 13.9. The second-order valence-corrected chi connectivity index (χ2v) is 3.18. The minimum absolute atomic E-state index is 0.138. The molecule has 0 atom stereocenters. The fourth-order valence-corrected chi connectivity index (χ4v) is 1.43. The van der Waals surface area contributed by atoms with Gasteiger partial charge < -0.3 is 11.5 Å². The van der Waals surface area contributed by atoms with Gasteiger partial charge in [-0.05, 0) is 12.8 Å². The molecule has 0 saturated carbocycles. The van der Waals surface area contributed by atoms with Gasteiger partial charge in [0.05, 0.1) is 0 Å². The molecule has 0 bridgehead atoms. The van der Waals surface area contributed by atoms with Crippen LogP contribution in [-0.4, -0.2) is 33.1 Å². The zero-order valence-electron chi connectivity index (χ0n) is 7.77. The molecule has 1 fully saturated rings. The highest BCUT2D eigenvalue weighted by atomic mass is 15.5. The van der Waals surface area contributed by atoms with Gasteiger partial charge in [0.25, 0.3) is 0 Å². The van der Waals surface area contributed by atoms with E-state index in [9.17, 15) is 0 Å². The van der Waals surface area contributed by atoms with E-state index in [1.165, 1.54) is 12.8 Å². The first-order valence-corrected chi connectivity index (χ1v) is 4.53. The second-order valence-electron chi connectivity index (χ2n) is 3.18. The number of hydrazine groups is 1. The average Bonchev–Trinajstić information content (AvgIpc) is 2.54. The number of anilines is 3. The Hall–Kier alpha value is -1.63. The third kappa shape index (κ3) is 1.99. The topological polar surface area (TPSA) is 106 Å². The maximum atomic E-state index is 5.43. The van der Waals surface area contributed by atoms with E-state index in [1.54, 1.807) is 0 Å². The molecule has 0 spiro atoms. The van der Waals surface area contributed by atoms with Crippen molar-refractivity contribution < 1.29 is 0 Å². The van der Waals surface area contributed by atoms with E-state index in [1.807, 2.05) is 5.01 Å². The molecule has 5 N–H and O–H groups in total. The minimum Gasteiger partial charge on any atom is -0.368 e. The third-order valence-corrected chi connectivity index (χ3v) is 2.03. The highest BCUT2D eigenvalue weighted by Crippen LogP contribution is 2.10. The molecule has 0 radical (unpaired) electrons. The first-order chi connectivity index (χ1) is 6.74. The molecular formula is C7H13N7. The molecule has 1 aromatic heterocycles. The molecule has 1 aliphatic rings. The van der Waals surface area contributed by atoms with E-state index in [-0.39, 0.29) is 11.9 Å². The van der Waals surface area contributed by atoms with E-state index in [4.69, 9.17) is 11.5 Å². The van der Waals surface area contributed by atoms with Gasteiger partial charge in [-0.1, -0.05) is 0 Å². The zero-order valence-corrected chi connectivity index (χ0v) is 7.77. The van der Waals surface area contributed by atoms with Gasteiger partial charge in [-0.25, -0.2) is 5.01 Å². The van der Waals surface area contributed by atoms with Gasteiger partial charge in [0, 0.05) is 13.1 Å². The number of hydrogen-bond acceptors (Lipinski definition) is 7. The van der Waals surface area contributed by atoms with Crippen LogP contribution in [0.1, 0.15) is 12.8 Å². The van der Waals surface area contributed by atoms with Crippen LogP contribution in [0, 0.1) is 0 Å². The molecule has 2 heterocycles. The van der Waals surface area contributed by atoms with Crippen molar-refractivity contribution >= 4 is 17.8 Å². The summed E-state index contributed by atoms with van der Waals surface area (Å²) in [6.45, 7) is 1.98. The van der Waals surface area contributed by atoms with Gasteiger partial charge in [-0.3, -0.25) is 5.43 Å². The molecule has 2 rings (SSSR count). The van der Waals surface area contributed by atoms with Crippen molar-refractivity contribution in [2.24, 2.45) is 0 Å². The van der Waals surface area contributed by atoms with Gasteiger partial charge in [-0.15, -0.1) is 0 Å². The van der Waals surface area contributed by atoms with Crippen molar-refractivity contribution in [2.45, 2.75) is 12.8 Å². The summed E-state index contributed by atoms with van der Waals surface area (Å²) in [7, 11) is 0. The predicted octanol–water partition coefficient (Wildman–Crippen LogP) is -0.541. The monoisotopic (exact) mass is 195 g/mol. The Bertz CT molecular complexity index is 300. The van der Waals surface area contributed by atoms with Crippen LogP contribution in [0.15, 0.2) is 0 Å². The smallest absolute Gasteiger partial charge is 0.244 e. The van der Waals surface area contributed by atoms with Gasteiger partial charge >= 0.3 is 0 Å². The number of nitrogens with one attached hydrogen (secondary N) is 1. The van der Waals surface area contributed by atoms with E-state index in [0.29, 0.717) is 5.95 Å². The van der Waals surface area contributed by atoms with Crippen LogP contribution in [-0.2, 0) is 0 Å². The van der Waals surface area contributed by atoms with E-state index in [0.717, 1.165) is 13.1 Å². The van der Waals surface area contributed by atoms with Crippen molar-refractivity contribution in [3.05, 3.63) is 0 Å². The normalized spacial score (nSPS) is 17.1. The molecule has 76 valence electrons. The molecule has 7 nitrogen and oxygen atoms in total. The summed E-state index contributed by atoms with van der Waals surface area (Å²) in [5.74, 6) is 0.690. The maximum absolute atomic E-state index is 5.43. The summed E-state index contributed by atoms with van der Waals surface area (Å²) in [4.78, 5) is 11.5. The first kappa shape index (κ1) is 8.95. The average molecular weight is 195 g/mol. The lowest BCUT2D eigenvalue weighted by Gasteiger charge is -2.15. The van der Waals surface area contributed by atoms with Gasteiger partial charge in [0.1, 0.15) is 0 Å². The molecule has 0 aromatic carbocycles. The standard InChI is InChI=1S/C7H13N7/c8-5-10-6(9)12-7(11-5)13-14-3-1-2-4-14/h1-4H2,(H5,8,9,10,11,12,13). The number of rotatable bonds is 2. The third-order valence-electron chi connectivity index (χ3n) is 2.03. The van der Waals surface area contributed by atoms with Crippen molar-refractivity contribution in [3.63, 3.8) is 0 Å². The van der Waals surface area contributed by atoms with Gasteiger partial charge in [0.2, 0.25) is 17.8 Å². The summed E-state index contributed by atoms with van der Waals surface area (Å²) in [6.07, 6.45) is 2.37. The van der Waals surface area contributed by atoms with Crippen molar-refractivity contribution in [1.29, 1.82) is 0 Å². The van der Waals surface area contributed by atoms with Crippen LogP contribution in [0.3, 0.4) is 0 Å². The Morgan fingerprint density at radius 1 is 1.00 bits per heavy atom. The number of nitrogens with zero attached hydrogens (tertiary/aromatic N) is 4. The van der Waals surface area contributed by atoms with Crippen LogP contribution < -0.4 is 16.9 Å². The van der Waals surface area contributed by atoms with Crippen molar-refractivity contribution in [2.75, 3.05) is 30.0 Å². The fourth-order valence-electron chi connectivity index (χ4n) is 1.43. The fraction of sp³-hybridized carbons (Fsp3) is 0.571. The molecule has 1 aromatic rings. The first-order valence-electron chi connectivity index (χ1n) is 4.53. The summed E-state index contributed by atoms with van der Waals surface area (Å²) < 4.78 is 0. The Kier molecular flexibility index (Phi) is 2.32. The zero-order chi connectivity index (χ0) is 9.97. The molecule has 0 unspecified atom stereocenters.